The van der Waals surface area contributed by atoms with Gasteiger partial charge in [-0.15, -0.1) is 0 Å². The van der Waals surface area contributed by atoms with Gasteiger partial charge in [0.2, 0.25) is 0 Å². The van der Waals surface area contributed by atoms with E-state index in [4.69, 9.17) is 9.84 Å². The van der Waals surface area contributed by atoms with Crippen molar-refractivity contribution in [2.24, 2.45) is 5.10 Å². The van der Waals surface area contributed by atoms with Crippen molar-refractivity contribution in [2.45, 2.75) is 44.5 Å². The molecular weight excluding hydrogens is 454 g/mol. The summed E-state index contributed by atoms with van der Waals surface area (Å²) < 4.78 is 6.61. The Morgan fingerprint density at radius 3 is 2.49 bits per heavy atom. The number of amides is 1. The van der Waals surface area contributed by atoms with Crippen molar-refractivity contribution in [2.75, 3.05) is 0 Å². The Kier molecular flexibility index (Phi) is 5.04. The molecule has 0 bridgehead atoms. The second-order valence-electron chi connectivity index (χ2n) is 10.2. The van der Waals surface area contributed by atoms with Gasteiger partial charge in [-0.3, -0.25) is 10.1 Å². The Balaban J connectivity index is 1.46. The molecule has 0 radical (unpaired) electrons. The highest BCUT2D eigenvalue weighted by Gasteiger charge is 2.58. The Bertz CT molecular complexity index is 1360. The second-order valence-corrected chi connectivity index (χ2v) is 11.2. The first kappa shape index (κ1) is 22.0. The maximum Gasteiger partial charge on any atom is 0.314 e. The van der Waals surface area contributed by atoms with E-state index in [2.05, 4.69) is 68.6 Å². The van der Waals surface area contributed by atoms with Crippen molar-refractivity contribution in [1.29, 1.82) is 0 Å². The third-order valence-corrected chi connectivity index (χ3v) is 7.66. The van der Waals surface area contributed by atoms with Crippen LogP contribution in [-0.2, 0) is 5.41 Å². The number of hydrogen-bond acceptors (Lipinski definition) is 5. The fourth-order valence-electron chi connectivity index (χ4n) is 4.90. The van der Waals surface area contributed by atoms with Gasteiger partial charge in [-0.1, -0.05) is 93.6 Å². The van der Waals surface area contributed by atoms with Crippen LogP contribution in [0.2, 0.25) is 0 Å². The summed E-state index contributed by atoms with van der Waals surface area (Å²) in [5.74, 6) is -0.407. The van der Waals surface area contributed by atoms with Gasteiger partial charge in [0, 0.05) is 12.0 Å². The minimum Gasteiger partial charge on any atom is -0.444 e. The van der Waals surface area contributed by atoms with E-state index < -0.39 is 5.85 Å². The number of carbonyl (C=O) groups is 1. The molecule has 5 nitrogen and oxygen atoms in total. The number of nitrogens with one attached hydrogen (secondary N) is 1. The van der Waals surface area contributed by atoms with Crippen LogP contribution >= 0.6 is 11.8 Å². The number of ether oxygens (including phenoxy) is 1. The number of benzene rings is 3. The molecule has 0 aromatic heterocycles. The van der Waals surface area contributed by atoms with E-state index in [0.717, 1.165) is 39.5 Å². The number of carbonyl (C=O) groups excluding carboxylic acids is 1. The smallest absolute Gasteiger partial charge is 0.314 e. The minimum absolute atomic E-state index is 0.0409. The van der Waals surface area contributed by atoms with Gasteiger partial charge in [0.15, 0.2) is 0 Å². The van der Waals surface area contributed by atoms with Gasteiger partial charge in [0.1, 0.15) is 5.75 Å². The number of hydrogen-bond donors (Lipinski definition) is 1. The van der Waals surface area contributed by atoms with Gasteiger partial charge < -0.3 is 4.74 Å². The van der Waals surface area contributed by atoms with Crippen LogP contribution in [-0.4, -0.2) is 21.8 Å². The molecule has 176 valence electrons. The molecule has 1 spiro atoms. The third kappa shape index (κ3) is 3.73. The Morgan fingerprint density at radius 2 is 1.74 bits per heavy atom. The molecule has 1 saturated heterocycles. The largest absolute Gasteiger partial charge is 0.444 e. The van der Waals surface area contributed by atoms with Gasteiger partial charge in [0.05, 0.1) is 16.7 Å². The van der Waals surface area contributed by atoms with Crippen molar-refractivity contribution in [3.05, 3.63) is 106 Å². The number of thioether (sulfide) groups is 1. The molecular formula is C29H27N3O2S. The lowest BCUT2D eigenvalue weighted by molar-refractivity contribution is -0.0949. The van der Waals surface area contributed by atoms with Gasteiger partial charge in [-0.05, 0) is 46.0 Å². The molecule has 3 aromatic rings. The molecule has 3 aliphatic heterocycles. The number of nitrogens with zero attached hydrogens (tertiary/aromatic N) is 2. The van der Waals surface area contributed by atoms with Crippen molar-refractivity contribution in [3.63, 3.8) is 0 Å². The quantitative estimate of drug-likeness (QED) is 0.444. The zero-order valence-electron chi connectivity index (χ0n) is 20.0. The molecule has 6 rings (SSSR count). The van der Waals surface area contributed by atoms with E-state index in [0.29, 0.717) is 0 Å². The first-order chi connectivity index (χ1) is 16.8. The maximum atomic E-state index is 12.8. The highest BCUT2D eigenvalue weighted by Crippen LogP contribution is 2.52. The number of hydrazone groups is 1. The van der Waals surface area contributed by atoms with Crippen LogP contribution in [0.4, 0.5) is 4.79 Å². The molecule has 35 heavy (non-hydrogen) atoms. The van der Waals surface area contributed by atoms with Crippen LogP contribution in [0.1, 0.15) is 55.5 Å². The summed E-state index contributed by atoms with van der Waals surface area (Å²) in [6.45, 7) is 6.61. The Morgan fingerprint density at radius 1 is 1.03 bits per heavy atom. The third-order valence-electron chi connectivity index (χ3n) is 6.76. The molecule has 3 heterocycles. The summed E-state index contributed by atoms with van der Waals surface area (Å²) >= 11 is 1.17. The van der Waals surface area contributed by atoms with E-state index >= 15 is 0 Å². The molecule has 6 heteroatoms. The van der Waals surface area contributed by atoms with Gasteiger partial charge in [0.25, 0.3) is 5.24 Å². The van der Waals surface area contributed by atoms with E-state index in [1.54, 1.807) is 0 Å². The molecule has 0 unspecified atom stereocenters. The summed E-state index contributed by atoms with van der Waals surface area (Å²) in [7, 11) is 0. The van der Waals surface area contributed by atoms with Crippen LogP contribution in [0.5, 0.6) is 5.75 Å². The standard InChI is InChI=1S/C29H27N3O2S/c1-28(2,3)21-15-13-19(14-16-21)17-26-29(30-27(33)35-26)32-24(22-11-7-8-12-25(22)34-29)18-23(31-32)20-9-5-4-6-10-20/h4-17,24H,18H2,1-3H3,(H,30,33)/b26-17-/t24-,29-/m0/s1. The van der Waals surface area contributed by atoms with E-state index in [9.17, 15) is 4.79 Å². The van der Waals surface area contributed by atoms with Crippen LogP contribution in [0.15, 0.2) is 88.9 Å². The fourth-order valence-corrected chi connectivity index (χ4v) is 5.81. The van der Waals surface area contributed by atoms with Crippen LogP contribution in [0.25, 0.3) is 6.08 Å². The van der Waals surface area contributed by atoms with Crippen molar-refractivity contribution in [3.8, 4) is 5.75 Å². The molecule has 0 aliphatic carbocycles. The summed E-state index contributed by atoms with van der Waals surface area (Å²) in [4.78, 5) is 13.6. The number of para-hydroxylation sites is 1. The molecule has 3 aromatic carbocycles. The minimum atomic E-state index is -1.18. The lowest BCUT2D eigenvalue weighted by Gasteiger charge is -2.45. The normalized spacial score (nSPS) is 24.1. The van der Waals surface area contributed by atoms with Crippen molar-refractivity contribution < 1.29 is 9.53 Å². The first-order valence-corrected chi connectivity index (χ1v) is 12.7. The Hall–Kier alpha value is -3.51. The van der Waals surface area contributed by atoms with E-state index in [-0.39, 0.29) is 16.7 Å². The van der Waals surface area contributed by atoms with Crippen LogP contribution in [0, 0.1) is 0 Å². The highest BCUT2D eigenvalue weighted by atomic mass is 32.2. The molecule has 3 aliphatic rings. The van der Waals surface area contributed by atoms with Gasteiger partial charge >= 0.3 is 5.85 Å². The predicted molar refractivity (Wildman–Crippen MR) is 141 cm³/mol. The summed E-state index contributed by atoms with van der Waals surface area (Å²) in [5.41, 5.74) is 5.50. The molecule has 0 saturated carbocycles. The average Bonchev–Trinajstić information content (AvgIpc) is 3.42. The first-order valence-electron chi connectivity index (χ1n) is 11.9. The lowest BCUT2D eigenvalue weighted by Crippen LogP contribution is -2.61. The van der Waals surface area contributed by atoms with Crippen molar-refractivity contribution >= 4 is 28.8 Å². The van der Waals surface area contributed by atoms with Crippen molar-refractivity contribution in [1.82, 2.24) is 10.3 Å². The van der Waals surface area contributed by atoms with E-state index in [1.807, 2.05) is 47.5 Å². The SMILES string of the molecule is CC(C)(C)c1ccc(/C=C2\SC(=O)N[C@@]23Oc2ccccc2[C@@H]2CC(c4ccccc4)=NN23)cc1. The second kappa shape index (κ2) is 8.02. The zero-order valence-corrected chi connectivity index (χ0v) is 20.8. The van der Waals surface area contributed by atoms with Crippen LogP contribution in [0.3, 0.4) is 0 Å². The summed E-state index contributed by atoms with van der Waals surface area (Å²) in [5, 5.41) is 9.96. The maximum absolute atomic E-state index is 12.8. The molecule has 1 amide bonds. The summed E-state index contributed by atoms with van der Waals surface area (Å²) in [6.07, 6.45) is 2.77. The van der Waals surface area contributed by atoms with Gasteiger partial charge in [-0.2, -0.15) is 5.10 Å². The predicted octanol–water partition coefficient (Wildman–Crippen LogP) is 6.68. The monoisotopic (exact) mass is 481 g/mol. The summed E-state index contributed by atoms with van der Waals surface area (Å²) in [6, 6.07) is 26.7. The van der Waals surface area contributed by atoms with Crippen LogP contribution < -0.4 is 10.1 Å². The average molecular weight is 482 g/mol. The van der Waals surface area contributed by atoms with E-state index in [1.165, 1.54) is 17.3 Å². The zero-order chi connectivity index (χ0) is 24.2. The molecule has 1 N–H and O–H groups in total. The fraction of sp³-hybridized carbons (Fsp3) is 0.241. The number of rotatable bonds is 2. The highest BCUT2D eigenvalue weighted by molar-refractivity contribution is 8.17. The number of fused-ring (bicyclic) bond motifs is 4. The topological polar surface area (TPSA) is 53.9 Å². The molecule has 1 fully saturated rings. The Labute approximate surface area is 209 Å². The van der Waals surface area contributed by atoms with Gasteiger partial charge in [-0.25, -0.2) is 5.01 Å². The molecule has 2 atom stereocenters. The lowest BCUT2D eigenvalue weighted by atomic mass is 9.87.